The van der Waals surface area contributed by atoms with Crippen LogP contribution in [-0.4, -0.2) is 36.0 Å². The number of urea groups is 1. The second kappa shape index (κ2) is 8.14. The Morgan fingerprint density at radius 3 is 2.71 bits per heavy atom. The van der Waals surface area contributed by atoms with Crippen molar-refractivity contribution >= 4 is 28.8 Å². The van der Waals surface area contributed by atoms with Gasteiger partial charge in [-0.25, -0.2) is 4.79 Å². The van der Waals surface area contributed by atoms with Crippen LogP contribution in [0, 0.1) is 5.92 Å². The van der Waals surface area contributed by atoms with Gasteiger partial charge in [-0.15, -0.1) is 0 Å². The van der Waals surface area contributed by atoms with Crippen LogP contribution in [0.3, 0.4) is 0 Å². The molecule has 0 aliphatic rings. The van der Waals surface area contributed by atoms with Crippen molar-refractivity contribution in [3.05, 3.63) is 36.0 Å². The molecule has 0 unspecified atom stereocenters. The van der Waals surface area contributed by atoms with E-state index in [1.807, 2.05) is 38.1 Å². The van der Waals surface area contributed by atoms with E-state index in [0.717, 1.165) is 16.5 Å². The smallest absolute Gasteiger partial charge is 0.321 e. The van der Waals surface area contributed by atoms with E-state index in [4.69, 9.17) is 4.74 Å². The summed E-state index contributed by atoms with van der Waals surface area (Å²) in [5.41, 5.74) is 1.73. The highest BCUT2D eigenvalue weighted by molar-refractivity contribution is 5.95. The van der Waals surface area contributed by atoms with Gasteiger partial charge in [0.05, 0.1) is 6.42 Å². The number of hydrogen-bond donors (Lipinski definition) is 3. The minimum Gasteiger partial charge on any atom is -0.455 e. The minimum atomic E-state index is -0.663. The Bertz CT molecular complexity index is 736. The number of amides is 3. The van der Waals surface area contributed by atoms with Crippen molar-refractivity contribution in [3.8, 4) is 0 Å². The van der Waals surface area contributed by atoms with E-state index in [2.05, 4.69) is 15.6 Å². The van der Waals surface area contributed by atoms with E-state index in [1.165, 1.54) is 0 Å². The van der Waals surface area contributed by atoms with E-state index in [1.54, 1.807) is 6.20 Å². The Kier molecular flexibility index (Phi) is 5.95. The molecule has 2 aromatic rings. The molecule has 0 saturated carbocycles. The zero-order valence-corrected chi connectivity index (χ0v) is 13.7. The molecule has 3 N–H and O–H groups in total. The molecule has 0 spiro atoms. The number of aromatic amines is 1. The van der Waals surface area contributed by atoms with Gasteiger partial charge in [-0.1, -0.05) is 32.0 Å². The van der Waals surface area contributed by atoms with Gasteiger partial charge < -0.3 is 15.0 Å². The minimum absolute atomic E-state index is 0.0524. The first-order chi connectivity index (χ1) is 11.5. The van der Waals surface area contributed by atoms with Gasteiger partial charge in [-0.2, -0.15) is 0 Å². The Hall–Kier alpha value is -2.83. The van der Waals surface area contributed by atoms with E-state index in [9.17, 15) is 14.4 Å². The fraction of sp³-hybridized carbons (Fsp3) is 0.353. The summed E-state index contributed by atoms with van der Waals surface area (Å²) < 4.78 is 4.91. The van der Waals surface area contributed by atoms with Crippen LogP contribution < -0.4 is 10.6 Å². The molecule has 0 fully saturated rings. The number of para-hydroxylation sites is 1. The van der Waals surface area contributed by atoms with Crippen molar-refractivity contribution < 1.29 is 19.1 Å². The van der Waals surface area contributed by atoms with Crippen molar-refractivity contribution in [2.75, 3.05) is 13.2 Å². The first kappa shape index (κ1) is 17.5. The van der Waals surface area contributed by atoms with Crippen molar-refractivity contribution in [3.63, 3.8) is 0 Å². The molecule has 0 radical (unpaired) electrons. The molecule has 7 heteroatoms. The van der Waals surface area contributed by atoms with E-state index in [-0.39, 0.29) is 12.3 Å². The number of nitrogens with one attached hydrogen (secondary N) is 3. The largest absolute Gasteiger partial charge is 0.455 e. The molecule has 7 nitrogen and oxygen atoms in total. The molecule has 0 bridgehead atoms. The molecular weight excluding hydrogens is 310 g/mol. The number of fused-ring (bicyclic) bond motifs is 1. The summed E-state index contributed by atoms with van der Waals surface area (Å²) in [6.45, 7) is 3.85. The number of imide groups is 1. The maximum Gasteiger partial charge on any atom is 0.321 e. The van der Waals surface area contributed by atoms with E-state index in [0.29, 0.717) is 6.54 Å². The van der Waals surface area contributed by atoms with Gasteiger partial charge in [0.25, 0.3) is 5.91 Å². The number of rotatable bonds is 6. The average Bonchev–Trinajstić information content (AvgIpc) is 2.94. The molecule has 0 atom stereocenters. The monoisotopic (exact) mass is 331 g/mol. The van der Waals surface area contributed by atoms with Crippen molar-refractivity contribution in [2.24, 2.45) is 5.92 Å². The van der Waals surface area contributed by atoms with E-state index < -0.39 is 24.5 Å². The molecule has 3 amide bonds. The second-order valence-corrected chi connectivity index (χ2v) is 5.85. The topological polar surface area (TPSA) is 100 Å². The predicted octanol–water partition coefficient (Wildman–Crippen LogP) is 1.74. The number of carbonyl (C=O) groups is 3. The predicted molar refractivity (Wildman–Crippen MR) is 89.3 cm³/mol. The summed E-state index contributed by atoms with van der Waals surface area (Å²) in [5.74, 6) is -0.916. The lowest BCUT2D eigenvalue weighted by molar-refractivity contribution is -0.147. The van der Waals surface area contributed by atoms with Gasteiger partial charge in [0.15, 0.2) is 6.61 Å². The number of aromatic nitrogens is 1. The van der Waals surface area contributed by atoms with Gasteiger partial charge in [0, 0.05) is 23.6 Å². The zero-order chi connectivity index (χ0) is 17.5. The standard InChI is InChI=1S/C17H21N3O4/c1-11(2)8-19-17(23)20-15(21)10-24-16(22)7-12-9-18-14-6-4-3-5-13(12)14/h3-6,9,11,18H,7-8,10H2,1-2H3,(H2,19,20,21,23). The number of benzene rings is 1. The number of esters is 1. The zero-order valence-electron chi connectivity index (χ0n) is 13.7. The third-order valence-corrected chi connectivity index (χ3v) is 3.30. The highest BCUT2D eigenvalue weighted by Crippen LogP contribution is 2.18. The maximum atomic E-state index is 11.8. The third-order valence-electron chi connectivity index (χ3n) is 3.30. The molecule has 128 valence electrons. The summed E-state index contributed by atoms with van der Waals surface area (Å²) in [7, 11) is 0. The molecule has 0 aliphatic carbocycles. The van der Waals surface area contributed by atoms with Crippen LogP contribution >= 0.6 is 0 Å². The van der Waals surface area contributed by atoms with Gasteiger partial charge in [0.1, 0.15) is 0 Å². The SMILES string of the molecule is CC(C)CNC(=O)NC(=O)COC(=O)Cc1c[nH]c2ccccc12. The maximum absolute atomic E-state index is 11.8. The van der Waals surface area contributed by atoms with Gasteiger partial charge >= 0.3 is 12.0 Å². The Morgan fingerprint density at radius 1 is 1.21 bits per heavy atom. The summed E-state index contributed by atoms with van der Waals surface area (Å²) >= 11 is 0. The summed E-state index contributed by atoms with van der Waals surface area (Å²) in [4.78, 5) is 37.9. The number of hydrogen-bond acceptors (Lipinski definition) is 4. The number of H-pyrrole nitrogens is 1. The van der Waals surface area contributed by atoms with Crippen LogP contribution in [0.25, 0.3) is 10.9 Å². The van der Waals surface area contributed by atoms with Gasteiger partial charge in [0.2, 0.25) is 0 Å². The average molecular weight is 331 g/mol. The summed E-state index contributed by atoms with van der Waals surface area (Å²) in [6, 6.07) is 7.00. The molecule has 24 heavy (non-hydrogen) atoms. The fourth-order valence-corrected chi connectivity index (χ4v) is 2.13. The van der Waals surface area contributed by atoms with Crippen molar-refractivity contribution in [1.29, 1.82) is 0 Å². The van der Waals surface area contributed by atoms with Crippen molar-refractivity contribution in [1.82, 2.24) is 15.6 Å². The van der Waals surface area contributed by atoms with Crippen LogP contribution in [-0.2, 0) is 20.7 Å². The Labute approximate surface area is 139 Å². The van der Waals surface area contributed by atoms with Crippen LogP contribution in [0.15, 0.2) is 30.5 Å². The highest BCUT2D eigenvalue weighted by atomic mass is 16.5. The third kappa shape index (κ3) is 5.12. The van der Waals surface area contributed by atoms with Gasteiger partial charge in [-0.3, -0.25) is 14.9 Å². The van der Waals surface area contributed by atoms with Crippen LogP contribution in [0.5, 0.6) is 0 Å². The van der Waals surface area contributed by atoms with Crippen LogP contribution in [0.2, 0.25) is 0 Å². The lowest BCUT2D eigenvalue weighted by Gasteiger charge is -2.08. The first-order valence-corrected chi connectivity index (χ1v) is 7.74. The normalized spacial score (nSPS) is 10.6. The lowest BCUT2D eigenvalue weighted by atomic mass is 10.1. The Morgan fingerprint density at radius 2 is 1.96 bits per heavy atom. The molecule has 1 aromatic carbocycles. The molecule has 0 saturated heterocycles. The molecule has 1 heterocycles. The molecule has 0 aliphatic heterocycles. The number of carbonyl (C=O) groups excluding carboxylic acids is 3. The molecular formula is C17H21N3O4. The molecule has 1 aromatic heterocycles. The lowest BCUT2D eigenvalue weighted by Crippen LogP contribution is -2.42. The second-order valence-electron chi connectivity index (χ2n) is 5.85. The van der Waals surface area contributed by atoms with Gasteiger partial charge in [-0.05, 0) is 17.5 Å². The highest BCUT2D eigenvalue weighted by Gasteiger charge is 2.13. The fourth-order valence-electron chi connectivity index (χ4n) is 2.13. The van der Waals surface area contributed by atoms with E-state index >= 15 is 0 Å². The Balaban J connectivity index is 1.76. The molecule has 2 rings (SSSR count). The van der Waals surface area contributed by atoms with Crippen LogP contribution in [0.4, 0.5) is 4.79 Å². The van der Waals surface area contributed by atoms with Crippen LogP contribution in [0.1, 0.15) is 19.4 Å². The number of ether oxygens (including phenoxy) is 1. The van der Waals surface area contributed by atoms with Crippen molar-refractivity contribution in [2.45, 2.75) is 20.3 Å². The summed E-state index contributed by atoms with van der Waals surface area (Å²) in [6.07, 6.45) is 1.79. The summed E-state index contributed by atoms with van der Waals surface area (Å²) in [5, 5.41) is 5.59. The quantitative estimate of drug-likeness (QED) is 0.702. The first-order valence-electron chi connectivity index (χ1n) is 7.74.